The summed E-state index contributed by atoms with van der Waals surface area (Å²) in [5, 5.41) is 8.60. The predicted octanol–water partition coefficient (Wildman–Crippen LogP) is 2.28. The number of hydrogen-bond donors (Lipinski definition) is 1. The molecule has 0 atom stereocenters. The van der Waals surface area contributed by atoms with Crippen LogP contribution in [-0.4, -0.2) is 46.3 Å². The Morgan fingerprint density at radius 2 is 2.26 bits per heavy atom. The molecule has 1 saturated heterocycles. The zero-order chi connectivity index (χ0) is 14.0. The fourth-order valence-electron chi connectivity index (χ4n) is 2.11. The molecular weight excluding hydrogens is 380 g/mol. The Balaban J connectivity index is 1.85. The van der Waals surface area contributed by atoms with Gasteiger partial charge in [-0.3, -0.25) is 9.88 Å². The van der Waals surface area contributed by atoms with Gasteiger partial charge in [0.05, 0.1) is 11.3 Å². The van der Waals surface area contributed by atoms with Crippen molar-refractivity contribution >= 4 is 37.8 Å². The first-order valence-electron chi connectivity index (χ1n) is 5.76. The summed E-state index contributed by atoms with van der Waals surface area (Å²) in [5.74, 6) is -0.933. The van der Waals surface area contributed by atoms with Gasteiger partial charge < -0.3 is 9.84 Å². The van der Waals surface area contributed by atoms with Crippen LogP contribution in [0, 0.1) is 0 Å². The summed E-state index contributed by atoms with van der Waals surface area (Å²) in [7, 11) is 0. The van der Waals surface area contributed by atoms with E-state index < -0.39 is 5.97 Å². The lowest BCUT2D eigenvalue weighted by Gasteiger charge is -2.47. The molecule has 5 nitrogen and oxygen atoms in total. The van der Waals surface area contributed by atoms with Gasteiger partial charge in [0.15, 0.2) is 0 Å². The normalized spacial score (nSPS) is 18.1. The number of aliphatic carboxylic acids is 1. The van der Waals surface area contributed by atoms with E-state index in [2.05, 4.69) is 41.7 Å². The molecule has 1 aromatic rings. The Labute approximate surface area is 128 Å². The lowest BCUT2D eigenvalue weighted by molar-refractivity contribution is -0.165. The minimum absolute atomic E-state index is 0.245. The number of carboxylic acids is 1. The molecular formula is C12H14Br2N2O3. The summed E-state index contributed by atoms with van der Waals surface area (Å²) in [5.41, 5.74) is 0.601. The van der Waals surface area contributed by atoms with Crippen molar-refractivity contribution in [2.45, 2.75) is 19.1 Å². The van der Waals surface area contributed by atoms with Crippen LogP contribution in [0.3, 0.4) is 0 Å². The zero-order valence-electron chi connectivity index (χ0n) is 10.4. The Hall–Kier alpha value is -0.500. The van der Waals surface area contributed by atoms with Crippen LogP contribution in [0.15, 0.2) is 21.2 Å². The molecule has 1 aliphatic rings. The van der Waals surface area contributed by atoms with Crippen LogP contribution in [0.2, 0.25) is 0 Å². The Morgan fingerprint density at radius 1 is 1.58 bits per heavy atom. The van der Waals surface area contributed by atoms with Crippen molar-refractivity contribution < 1.29 is 14.6 Å². The highest BCUT2D eigenvalue weighted by atomic mass is 79.9. The molecule has 104 valence electrons. The van der Waals surface area contributed by atoms with Gasteiger partial charge in [-0.2, -0.15) is 0 Å². The Morgan fingerprint density at radius 3 is 2.84 bits per heavy atom. The number of carbonyl (C=O) groups is 1. The minimum Gasteiger partial charge on any atom is -0.480 e. The molecule has 0 aromatic carbocycles. The van der Waals surface area contributed by atoms with E-state index in [9.17, 15) is 4.79 Å². The van der Waals surface area contributed by atoms with Crippen molar-refractivity contribution in [3.8, 4) is 0 Å². The number of pyridine rings is 1. The molecule has 1 N–H and O–H groups in total. The smallest absolute Gasteiger partial charge is 0.329 e. The van der Waals surface area contributed by atoms with Crippen molar-refractivity contribution in [1.29, 1.82) is 0 Å². The van der Waals surface area contributed by atoms with Crippen molar-refractivity contribution in [2.75, 3.05) is 19.7 Å². The van der Waals surface area contributed by atoms with E-state index in [0.717, 1.165) is 21.2 Å². The maximum atomic E-state index is 10.5. The van der Waals surface area contributed by atoms with E-state index in [1.165, 1.54) is 0 Å². The molecule has 1 aliphatic heterocycles. The summed E-state index contributed by atoms with van der Waals surface area (Å²) in [4.78, 5) is 17.0. The third-order valence-corrected chi connectivity index (χ3v) is 4.04. The van der Waals surface area contributed by atoms with Gasteiger partial charge in [0.2, 0.25) is 0 Å². The summed E-state index contributed by atoms with van der Waals surface area (Å²) in [6, 6.07) is 1.96. The summed E-state index contributed by atoms with van der Waals surface area (Å²) in [6.07, 6.45) is 1.76. The van der Waals surface area contributed by atoms with Crippen LogP contribution in [0.4, 0.5) is 0 Å². The third kappa shape index (κ3) is 3.98. The lowest BCUT2D eigenvalue weighted by atomic mass is 9.96. The topological polar surface area (TPSA) is 62.7 Å². The van der Waals surface area contributed by atoms with Crippen LogP contribution < -0.4 is 0 Å². The second kappa shape index (κ2) is 5.87. The Kier molecular flexibility index (Phi) is 4.60. The molecule has 0 unspecified atom stereocenters. The van der Waals surface area contributed by atoms with Crippen molar-refractivity contribution in [1.82, 2.24) is 9.88 Å². The van der Waals surface area contributed by atoms with Gasteiger partial charge in [-0.05, 0) is 44.8 Å². The molecule has 0 saturated carbocycles. The molecule has 0 bridgehead atoms. The van der Waals surface area contributed by atoms with Gasteiger partial charge in [-0.25, -0.2) is 4.79 Å². The summed E-state index contributed by atoms with van der Waals surface area (Å²) >= 11 is 6.84. The highest BCUT2D eigenvalue weighted by Gasteiger charge is 2.40. The van der Waals surface area contributed by atoms with Crippen LogP contribution in [-0.2, 0) is 16.1 Å². The second-order valence-corrected chi connectivity index (χ2v) is 6.63. The number of carboxylic acid groups (broad SMARTS) is 1. The lowest BCUT2D eigenvalue weighted by Crippen LogP contribution is -2.61. The SMILES string of the molecule is CC1(OCC(=O)O)CN(Cc2ncc(Br)cc2Br)C1. The molecule has 2 heterocycles. The van der Waals surface area contributed by atoms with Gasteiger partial charge in [-0.15, -0.1) is 0 Å². The highest BCUT2D eigenvalue weighted by Crippen LogP contribution is 2.28. The van der Waals surface area contributed by atoms with Crippen molar-refractivity contribution in [2.24, 2.45) is 0 Å². The fraction of sp³-hybridized carbons (Fsp3) is 0.500. The summed E-state index contributed by atoms with van der Waals surface area (Å²) < 4.78 is 7.26. The molecule has 0 spiro atoms. The molecule has 0 radical (unpaired) electrons. The van der Waals surface area contributed by atoms with Crippen LogP contribution in [0.5, 0.6) is 0 Å². The van der Waals surface area contributed by atoms with Crippen LogP contribution >= 0.6 is 31.9 Å². The van der Waals surface area contributed by atoms with E-state index in [1.54, 1.807) is 6.20 Å². The highest BCUT2D eigenvalue weighted by molar-refractivity contribution is 9.11. The molecule has 19 heavy (non-hydrogen) atoms. The number of likely N-dealkylation sites (tertiary alicyclic amines) is 1. The van der Waals surface area contributed by atoms with Crippen LogP contribution in [0.1, 0.15) is 12.6 Å². The molecule has 1 aromatic heterocycles. The van der Waals surface area contributed by atoms with Gasteiger partial charge in [-0.1, -0.05) is 0 Å². The van der Waals surface area contributed by atoms with E-state index in [1.807, 2.05) is 13.0 Å². The zero-order valence-corrected chi connectivity index (χ0v) is 13.6. The maximum absolute atomic E-state index is 10.5. The van der Waals surface area contributed by atoms with Gasteiger partial charge in [0, 0.05) is 34.8 Å². The average Bonchev–Trinajstić information content (AvgIpc) is 2.28. The predicted molar refractivity (Wildman–Crippen MR) is 76.9 cm³/mol. The number of hydrogen-bond acceptors (Lipinski definition) is 4. The fourth-order valence-corrected chi connectivity index (χ4v) is 3.22. The largest absolute Gasteiger partial charge is 0.480 e. The Bertz CT molecular complexity index is 490. The number of halogens is 2. The standard InChI is InChI=1S/C12H14Br2N2O3/c1-12(19-5-11(17)18)6-16(7-12)4-10-9(14)2-8(13)3-15-10/h2-3H,4-7H2,1H3,(H,17,18). The maximum Gasteiger partial charge on any atom is 0.329 e. The van der Waals surface area contributed by atoms with Gasteiger partial charge in [0.25, 0.3) is 0 Å². The number of aromatic nitrogens is 1. The molecule has 2 rings (SSSR count). The molecule has 7 heteroatoms. The molecule has 1 fully saturated rings. The van der Waals surface area contributed by atoms with Crippen molar-refractivity contribution in [3.63, 3.8) is 0 Å². The van der Waals surface area contributed by atoms with E-state index in [-0.39, 0.29) is 12.2 Å². The van der Waals surface area contributed by atoms with Gasteiger partial charge in [0.1, 0.15) is 6.61 Å². The van der Waals surface area contributed by atoms with Gasteiger partial charge >= 0.3 is 5.97 Å². The number of ether oxygens (including phenoxy) is 1. The first kappa shape index (κ1) is 14.9. The molecule has 0 aliphatic carbocycles. The first-order chi connectivity index (χ1) is 8.88. The van der Waals surface area contributed by atoms with Crippen LogP contribution in [0.25, 0.3) is 0 Å². The average molecular weight is 394 g/mol. The summed E-state index contributed by atoms with van der Waals surface area (Å²) in [6.45, 7) is 3.83. The monoisotopic (exact) mass is 392 g/mol. The molecule has 0 amide bonds. The number of rotatable bonds is 5. The van der Waals surface area contributed by atoms with E-state index in [4.69, 9.17) is 9.84 Å². The first-order valence-corrected chi connectivity index (χ1v) is 7.35. The number of nitrogens with zero attached hydrogens (tertiary/aromatic N) is 2. The minimum atomic E-state index is -0.933. The second-order valence-electron chi connectivity index (χ2n) is 4.86. The quantitative estimate of drug-likeness (QED) is 0.831. The van der Waals surface area contributed by atoms with E-state index >= 15 is 0 Å². The van der Waals surface area contributed by atoms with Crippen molar-refractivity contribution in [3.05, 3.63) is 26.9 Å². The van der Waals surface area contributed by atoms with E-state index in [0.29, 0.717) is 13.1 Å². The third-order valence-electron chi connectivity index (χ3n) is 2.92.